The molecule has 2 aromatic carbocycles. The molecular weight excluding hydrogens is 258 g/mol. The van der Waals surface area contributed by atoms with Crippen LogP contribution in [0.5, 0.6) is 5.75 Å². The topological polar surface area (TPSA) is 21.3 Å². The van der Waals surface area contributed by atoms with Gasteiger partial charge in [0.05, 0.1) is 0 Å². The van der Waals surface area contributed by atoms with Gasteiger partial charge in [0.25, 0.3) is 0 Å². The van der Waals surface area contributed by atoms with Gasteiger partial charge in [-0.25, -0.2) is 0 Å². The van der Waals surface area contributed by atoms with Crippen LogP contribution in [0, 0.1) is 0 Å². The standard InChI is InChI=1S/C19H25NO/c1-15(2)18-5-4-6-19(13-18)21-14-17-9-7-16(8-10-17)11-12-20-3/h4-10,13,15,20H,11-12,14H2,1-3H3. The molecule has 0 aliphatic carbocycles. The lowest BCUT2D eigenvalue weighted by Crippen LogP contribution is -2.10. The molecule has 0 aliphatic rings. The van der Waals surface area contributed by atoms with Crippen molar-refractivity contribution in [3.63, 3.8) is 0 Å². The normalized spacial score (nSPS) is 10.9. The number of benzene rings is 2. The minimum atomic E-state index is 0.528. The Morgan fingerprint density at radius 3 is 2.38 bits per heavy atom. The van der Waals surface area contributed by atoms with Gasteiger partial charge < -0.3 is 10.1 Å². The predicted molar refractivity (Wildman–Crippen MR) is 88.9 cm³/mol. The third-order valence-corrected chi connectivity index (χ3v) is 3.62. The second-order valence-corrected chi connectivity index (χ2v) is 5.69. The van der Waals surface area contributed by atoms with Crippen molar-refractivity contribution in [1.29, 1.82) is 0 Å². The first-order chi connectivity index (χ1) is 10.2. The summed E-state index contributed by atoms with van der Waals surface area (Å²) in [7, 11) is 1.98. The smallest absolute Gasteiger partial charge is 0.120 e. The van der Waals surface area contributed by atoms with Crippen molar-refractivity contribution in [2.75, 3.05) is 13.6 Å². The minimum absolute atomic E-state index is 0.528. The van der Waals surface area contributed by atoms with Gasteiger partial charge in [-0.05, 0) is 54.8 Å². The van der Waals surface area contributed by atoms with Crippen LogP contribution in [-0.2, 0) is 13.0 Å². The van der Waals surface area contributed by atoms with Gasteiger partial charge in [0.2, 0.25) is 0 Å². The summed E-state index contributed by atoms with van der Waals surface area (Å²) in [6, 6.07) is 17.0. The van der Waals surface area contributed by atoms with E-state index < -0.39 is 0 Å². The van der Waals surface area contributed by atoms with Gasteiger partial charge in [-0.3, -0.25) is 0 Å². The molecule has 0 bridgehead atoms. The molecule has 0 amide bonds. The van der Waals surface area contributed by atoms with E-state index in [1.54, 1.807) is 0 Å². The van der Waals surface area contributed by atoms with E-state index >= 15 is 0 Å². The molecule has 0 saturated heterocycles. The van der Waals surface area contributed by atoms with Crippen LogP contribution in [0.3, 0.4) is 0 Å². The van der Waals surface area contributed by atoms with Gasteiger partial charge in [0, 0.05) is 0 Å². The van der Waals surface area contributed by atoms with Crippen LogP contribution in [0.25, 0.3) is 0 Å². The molecule has 0 heterocycles. The highest BCUT2D eigenvalue weighted by Crippen LogP contribution is 2.21. The summed E-state index contributed by atoms with van der Waals surface area (Å²) >= 11 is 0. The molecule has 0 unspecified atom stereocenters. The molecule has 21 heavy (non-hydrogen) atoms. The highest BCUT2D eigenvalue weighted by atomic mass is 16.5. The fourth-order valence-corrected chi connectivity index (χ4v) is 2.20. The number of rotatable bonds is 7. The van der Waals surface area contributed by atoms with Gasteiger partial charge in [0.1, 0.15) is 12.4 Å². The molecule has 1 N–H and O–H groups in total. The SMILES string of the molecule is CNCCc1ccc(COc2cccc(C(C)C)c2)cc1. The van der Waals surface area contributed by atoms with Crippen molar-refractivity contribution in [1.82, 2.24) is 5.32 Å². The molecule has 0 aliphatic heterocycles. The Morgan fingerprint density at radius 1 is 1.00 bits per heavy atom. The van der Waals surface area contributed by atoms with E-state index in [4.69, 9.17) is 4.74 Å². The summed E-state index contributed by atoms with van der Waals surface area (Å²) in [6.07, 6.45) is 1.06. The van der Waals surface area contributed by atoms with Crippen molar-refractivity contribution >= 4 is 0 Å². The number of hydrogen-bond donors (Lipinski definition) is 1. The summed E-state index contributed by atoms with van der Waals surface area (Å²) < 4.78 is 5.89. The fraction of sp³-hybridized carbons (Fsp3) is 0.368. The Morgan fingerprint density at radius 2 is 1.71 bits per heavy atom. The van der Waals surface area contributed by atoms with Crippen molar-refractivity contribution < 1.29 is 4.74 Å². The van der Waals surface area contributed by atoms with Crippen molar-refractivity contribution in [3.05, 3.63) is 65.2 Å². The number of nitrogens with one attached hydrogen (secondary N) is 1. The molecule has 0 fully saturated rings. The maximum absolute atomic E-state index is 5.89. The van der Waals surface area contributed by atoms with Crippen molar-refractivity contribution in [2.24, 2.45) is 0 Å². The van der Waals surface area contributed by atoms with Crippen molar-refractivity contribution in [3.8, 4) is 5.75 Å². The van der Waals surface area contributed by atoms with Crippen LogP contribution in [0.1, 0.15) is 36.5 Å². The number of likely N-dealkylation sites (N-methyl/N-ethyl adjacent to an activating group) is 1. The maximum atomic E-state index is 5.89. The summed E-state index contributed by atoms with van der Waals surface area (Å²) in [5.74, 6) is 1.47. The molecular formula is C19H25NO. The molecule has 2 rings (SSSR count). The van der Waals surface area contributed by atoms with E-state index in [1.165, 1.54) is 16.7 Å². The molecule has 112 valence electrons. The van der Waals surface area contributed by atoms with E-state index in [1.807, 2.05) is 13.1 Å². The fourth-order valence-electron chi connectivity index (χ4n) is 2.20. The maximum Gasteiger partial charge on any atom is 0.120 e. The first-order valence-corrected chi connectivity index (χ1v) is 7.64. The van der Waals surface area contributed by atoms with Crippen LogP contribution in [0.4, 0.5) is 0 Å². The zero-order valence-corrected chi connectivity index (χ0v) is 13.2. The lowest BCUT2D eigenvalue weighted by molar-refractivity contribution is 0.306. The summed E-state index contributed by atoms with van der Waals surface area (Å²) in [5.41, 5.74) is 3.88. The van der Waals surface area contributed by atoms with E-state index in [9.17, 15) is 0 Å². The van der Waals surface area contributed by atoms with Crippen LogP contribution in [0.2, 0.25) is 0 Å². The third-order valence-electron chi connectivity index (χ3n) is 3.62. The van der Waals surface area contributed by atoms with Gasteiger partial charge in [-0.1, -0.05) is 50.2 Å². The second kappa shape index (κ2) is 7.84. The molecule has 0 saturated carbocycles. The highest BCUT2D eigenvalue weighted by Gasteiger charge is 2.02. The molecule has 2 nitrogen and oxygen atoms in total. The molecule has 2 aromatic rings. The van der Waals surface area contributed by atoms with E-state index in [0.29, 0.717) is 12.5 Å². The van der Waals surface area contributed by atoms with Gasteiger partial charge in [0.15, 0.2) is 0 Å². The van der Waals surface area contributed by atoms with Gasteiger partial charge >= 0.3 is 0 Å². The zero-order chi connectivity index (χ0) is 15.1. The van der Waals surface area contributed by atoms with E-state index in [0.717, 1.165) is 18.7 Å². The van der Waals surface area contributed by atoms with Crippen LogP contribution in [0.15, 0.2) is 48.5 Å². The molecule has 0 atom stereocenters. The molecule has 0 spiro atoms. The number of hydrogen-bond acceptors (Lipinski definition) is 2. The molecule has 2 heteroatoms. The van der Waals surface area contributed by atoms with Crippen LogP contribution >= 0.6 is 0 Å². The quantitative estimate of drug-likeness (QED) is 0.824. The largest absolute Gasteiger partial charge is 0.489 e. The van der Waals surface area contributed by atoms with E-state index in [2.05, 4.69) is 61.6 Å². The van der Waals surface area contributed by atoms with Crippen molar-refractivity contribution in [2.45, 2.75) is 32.8 Å². The van der Waals surface area contributed by atoms with E-state index in [-0.39, 0.29) is 0 Å². The average Bonchev–Trinajstić information content (AvgIpc) is 2.52. The zero-order valence-electron chi connectivity index (χ0n) is 13.2. The lowest BCUT2D eigenvalue weighted by atomic mass is 10.0. The number of ether oxygens (including phenoxy) is 1. The third kappa shape index (κ3) is 4.91. The second-order valence-electron chi connectivity index (χ2n) is 5.69. The summed E-state index contributed by atoms with van der Waals surface area (Å²) in [4.78, 5) is 0. The molecule has 0 radical (unpaired) electrons. The van der Waals surface area contributed by atoms with Crippen LogP contribution < -0.4 is 10.1 Å². The Kier molecular flexibility index (Phi) is 5.82. The summed E-state index contributed by atoms with van der Waals surface area (Å²) in [6.45, 7) is 6.03. The first kappa shape index (κ1) is 15.6. The minimum Gasteiger partial charge on any atom is -0.489 e. The predicted octanol–water partition coefficient (Wildman–Crippen LogP) is 4.15. The Labute approximate surface area is 128 Å². The summed E-state index contributed by atoms with van der Waals surface area (Å²) in [5, 5.41) is 3.17. The average molecular weight is 283 g/mol. The molecule has 0 aromatic heterocycles. The highest BCUT2D eigenvalue weighted by molar-refractivity contribution is 5.31. The lowest BCUT2D eigenvalue weighted by Gasteiger charge is -2.10. The van der Waals surface area contributed by atoms with Crippen LogP contribution in [-0.4, -0.2) is 13.6 Å². The monoisotopic (exact) mass is 283 g/mol. The van der Waals surface area contributed by atoms with Gasteiger partial charge in [-0.2, -0.15) is 0 Å². The first-order valence-electron chi connectivity index (χ1n) is 7.64. The Balaban J connectivity index is 1.92. The van der Waals surface area contributed by atoms with Gasteiger partial charge in [-0.15, -0.1) is 0 Å². The Hall–Kier alpha value is -1.80. The Bertz CT molecular complexity index is 546.